The minimum absolute atomic E-state index is 0. The van der Waals surface area contributed by atoms with Gasteiger partial charge in [-0.1, -0.05) is 65.8 Å². The van der Waals surface area contributed by atoms with E-state index in [1.165, 1.54) is 33.4 Å². The Balaban J connectivity index is 0.00000514. The van der Waals surface area contributed by atoms with Crippen molar-refractivity contribution >= 4 is 47.4 Å². The van der Waals surface area contributed by atoms with E-state index in [9.17, 15) is 9.59 Å². The predicted octanol–water partition coefficient (Wildman–Crippen LogP) is 8.49. The number of nitrogens with zero attached hydrogens (tertiary/aromatic N) is 6. The summed E-state index contributed by atoms with van der Waals surface area (Å²) in [7, 11) is 0. The van der Waals surface area contributed by atoms with E-state index in [1.54, 1.807) is 0 Å². The van der Waals surface area contributed by atoms with Crippen molar-refractivity contribution < 1.29 is 19.1 Å². The zero-order chi connectivity index (χ0) is 38.4. The molecular weight excluding hydrogens is 712 g/mol. The van der Waals surface area contributed by atoms with Crippen LogP contribution in [0.1, 0.15) is 138 Å². The molecular formula is C44H57ClN6O4. The number of rotatable bonds is 12. The zero-order valence-corrected chi connectivity index (χ0v) is 34.6. The lowest BCUT2D eigenvalue weighted by Crippen LogP contribution is -2.29. The second kappa shape index (κ2) is 16.0. The van der Waals surface area contributed by atoms with Gasteiger partial charge in [0.05, 0.1) is 24.2 Å². The molecule has 55 heavy (non-hydrogen) atoms. The summed E-state index contributed by atoms with van der Waals surface area (Å²) in [5.74, 6) is 2.03. The molecule has 4 heterocycles. The fourth-order valence-corrected chi connectivity index (χ4v) is 8.05. The van der Waals surface area contributed by atoms with Gasteiger partial charge in [0.15, 0.2) is 0 Å². The van der Waals surface area contributed by atoms with Gasteiger partial charge in [-0.3, -0.25) is 29.5 Å². The van der Waals surface area contributed by atoms with Crippen molar-refractivity contribution in [3.63, 3.8) is 0 Å². The molecule has 294 valence electrons. The molecule has 10 nitrogen and oxygen atoms in total. The van der Waals surface area contributed by atoms with E-state index in [0.717, 1.165) is 73.2 Å². The van der Waals surface area contributed by atoms with Crippen molar-refractivity contribution in [2.24, 2.45) is 20.8 Å². The summed E-state index contributed by atoms with van der Waals surface area (Å²) < 4.78 is 11.5. The Morgan fingerprint density at radius 1 is 0.691 bits per heavy atom. The van der Waals surface area contributed by atoms with Crippen molar-refractivity contribution in [1.82, 2.24) is 9.97 Å². The molecule has 2 aliphatic carbocycles. The van der Waals surface area contributed by atoms with E-state index in [0.29, 0.717) is 25.9 Å². The summed E-state index contributed by atoms with van der Waals surface area (Å²) in [4.78, 5) is 49.7. The lowest BCUT2D eigenvalue weighted by atomic mass is 9.91. The number of anilines is 2. The lowest BCUT2D eigenvalue weighted by molar-refractivity contribution is -0.148. The lowest BCUT2D eigenvalue weighted by Gasteiger charge is -2.25. The number of pyridine rings is 2. The van der Waals surface area contributed by atoms with Gasteiger partial charge in [0.1, 0.15) is 36.3 Å². The number of ether oxygens (including phenoxy) is 2. The normalized spacial score (nSPS) is 20.0. The monoisotopic (exact) mass is 768 g/mol. The first-order valence-corrected chi connectivity index (χ1v) is 19.8. The van der Waals surface area contributed by atoms with Crippen LogP contribution in [-0.2, 0) is 45.1 Å². The number of aromatic nitrogens is 2. The number of benzene rings is 1. The third-order valence-electron chi connectivity index (χ3n) is 10.6. The molecule has 1 aromatic carbocycles. The standard InChI is InChI=1S/C44H56N6O4.ClH/c1-9-45-41-31(15-17-49(41)39-33-19-29(33)23-47-35(39)25-53-37(51)21-43(3,4)5)27-11-13-28(14-12-27)32-16-18-50(42(32)46-10-2)40-34-20-30(34)24-48-36(40)26-54-38(52)22-44(6,7)8;/h11-14,23-24,31-32H,9-10,15-22,25-26H2,1-8H3;1H/t31-,32?;/m1./s1. The Labute approximate surface area is 332 Å². The van der Waals surface area contributed by atoms with Crippen molar-refractivity contribution in [2.75, 3.05) is 36.0 Å². The number of esters is 2. The SMILES string of the molecule is CCN=C1C(c2ccc([C@H]3CCN(c4c(COC(=O)CC(C)(C)C)ncc5c4C5)C3=NCC)cc2)CCN1c1c(COC(=O)CC(C)(C)C)ncc2c1C2.Cl. The Morgan fingerprint density at radius 3 is 1.42 bits per heavy atom. The summed E-state index contributed by atoms with van der Waals surface area (Å²) in [6.07, 6.45) is 8.31. The van der Waals surface area contributed by atoms with Crippen molar-refractivity contribution in [3.05, 3.63) is 81.4 Å². The van der Waals surface area contributed by atoms with Crippen LogP contribution in [0.4, 0.5) is 11.4 Å². The van der Waals surface area contributed by atoms with E-state index >= 15 is 0 Å². The Bertz CT molecular complexity index is 1850. The van der Waals surface area contributed by atoms with Crippen molar-refractivity contribution in [1.29, 1.82) is 0 Å². The molecule has 0 radical (unpaired) electrons. The van der Waals surface area contributed by atoms with Crippen LogP contribution < -0.4 is 9.80 Å². The summed E-state index contributed by atoms with van der Waals surface area (Å²) in [6, 6.07) is 9.10. The van der Waals surface area contributed by atoms with E-state index in [-0.39, 0.29) is 60.2 Å². The topological polar surface area (TPSA) is 110 Å². The molecule has 0 N–H and O–H groups in total. The molecule has 2 saturated heterocycles. The van der Waals surface area contributed by atoms with Gasteiger partial charge >= 0.3 is 11.9 Å². The summed E-state index contributed by atoms with van der Waals surface area (Å²) >= 11 is 0. The van der Waals surface area contributed by atoms with Crippen LogP contribution in [0.25, 0.3) is 0 Å². The second-order valence-electron chi connectivity index (χ2n) is 17.6. The molecule has 11 heteroatoms. The first-order valence-electron chi connectivity index (χ1n) is 19.8. The van der Waals surface area contributed by atoms with Crippen molar-refractivity contribution in [2.45, 2.75) is 119 Å². The van der Waals surface area contributed by atoms with Crippen LogP contribution in [0.2, 0.25) is 0 Å². The summed E-state index contributed by atoms with van der Waals surface area (Å²) in [5, 5.41) is 0. The molecule has 0 amide bonds. The second-order valence-corrected chi connectivity index (χ2v) is 17.6. The number of amidine groups is 2. The molecule has 3 aromatic rings. The molecule has 0 saturated carbocycles. The molecule has 0 spiro atoms. The Hall–Kier alpha value is -4.31. The first-order chi connectivity index (χ1) is 25.7. The molecule has 0 bridgehead atoms. The zero-order valence-electron chi connectivity index (χ0n) is 33.8. The third kappa shape index (κ3) is 9.06. The minimum atomic E-state index is -0.199. The number of fused-ring (bicyclic) bond motifs is 2. The number of hydrogen-bond acceptors (Lipinski definition) is 8. The fraction of sp³-hybridized carbons (Fsp3) is 0.545. The van der Waals surface area contributed by atoms with E-state index in [4.69, 9.17) is 29.4 Å². The molecule has 2 aromatic heterocycles. The maximum Gasteiger partial charge on any atom is 0.306 e. The minimum Gasteiger partial charge on any atom is -0.459 e. The highest BCUT2D eigenvalue weighted by atomic mass is 35.5. The largest absolute Gasteiger partial charge is 0.459 e. The number of halogens is 1. The number of aliphatic imine (C=N–C) groups is 2. The van der Waals surface area contributed by atoms with E-state index in [2.05, 4.69) is 47.9 Å². The predicted molar refractivity (Wildman–Crippen MR) is 221 cm³/mol. The van der Waals surface area contributed by atoms with Gasteiger partial charge in [-0.2, -0.15) is 0 Å². The Kier molecular flexibility index (Phi) is 11.8. The van der Waals surface area contributed by atoms with Crippen LogP contribution in [0.15, 0.2) is 46.6 Å². The van der Waals surface area contributed by atoms with Gasteiger partial charge in [-0.15, -0.1) is 12.4 Å². The maximum absolute atomic E-state index is 12.6. The third-order valence-corrected chi connectivity index (χ3v) is 10.6. The van der Waals surface area contributed by atoms with Crippen molar-refractivity contribution in [3.8, 4) is 0 Å². The van der Waals surface area contributed by atoms with Crippen LogP contribution in [0.3, 0.4) is 0 Å². The van der Waals surface area contributed by atoms with E-state index in [1.807, 2.05) is 53.9 Å². The molecule has 4 aliphatic rings. The highest BCUT2D eigenvalue weighted by Gasteiger charge is 2.40. The van der Waals surface area contributed by atoms with Crippen LogP contribution >= 0.6 is 12.4 Å². The van der Waals surface area contributed by atoms with Gasteiger partial charge < -0.3 is 19.3 Å². The molecule has 1 unspecified atom stereocenters. The average Bonchev–Trinajstić information content (AvgIpc) is 3.99. The fourth-order valence-electron chi connectivity index (χ4n) is 8.05. The summed E-state index contributed by atoms with van der Waals surface area (Å²) in [5.41, 5.74) is 11.1. The van der Waals surface area contributed by atoms with Crippen LogP contribution in [0.5, 0.6) is 0 Å². The molecule has 2 aliphatic heterocycles. The quantitative estimate of drug-likeness (QED) is 0.116. The molecule has 2 fully saturated rings. The van der Waals surface area contributed by atoms with Gasteiger partial charge in [-0.25, -0.2) is 0 Å². The Morgan fingerprint density at radius 2 is 1.07 bits per heavy atom. The molecule has 2 atom stereocenters. The maximum atomic E-state index is 12.6. The molecule has 7 rings (SSSR count). The average molecular weight is 769 g/mol. The van der Waals surface area contributed by atoms with Gasteiger partial charge in [-0.05, 0) is 70.9 Å². The van der Waals surface area contributed by atoms with Gasteiger partial charge in [0.25, 0.3) is 0 Å². The highest BCUT2D eigenvalue weighted by molar-refractivity contribution is 6.07. The summed E-state index contributed by atoms with van der Waals surface area (Å²) in [6.45, 7) is 19.8. The van der Waals surface area contributed by atoms with Gasteiger partial charge in [0, 0.05) is 63.3 Å². The van der Waals surface area contributed by atoms with E-state index < -0.39 is 0 Å². The highest BCUT2D eigenvalue weighted by Crippen LogP contribution is 2.45. The van der Waals surface area contributed by atoms with Crippen LogP contribution in [-0.4, -0.2) is 59.8 Å². The number of carbonyl (C=O) groups is 2. The van der Waals surface area contributed by atoms with Crippen LogP contribution in [0, 0.1) is 10.8 Å². The van der Waals surface area contributed by atoms with Gasteiger partial charge in [0.2, 0.25) is 0 Å². The smallest absolute Gasteiger partial charge is 0.306 e. The number of carbonyl (C=O) groups excluding carboxylic acids is 2. The first kappa shape index (κ1) is 40.4. The number of hydrogen-bond donors (Lipinski definition) is 0.